The summed E-state index contributed by atoms with van der Waals surface area (Å²) in [5.74, 6) is 0. The summed E-state index contributed by atoms with van der Waals surface area (Å²) in [5.41, 5.74) is 0. The lowest BCUT2D eigenvalue weighted by Crippen LogP contribution is -2.46. The molecule has 0 aromatic heterocycles. The van der Waals surface area contributed by atoms with E-state index >= 15 is 0 Å². The first-order valence-electron chi connectivity index (χ1n) is 4.56. The minimum atomic E-state index is -0.944. The molecule has 0 nitrogen and oxygen atoms in total. The maximum absolute atomic E-state index is 2.48. The molecule has 0 aromatic rings. The van der Waals surface area contributed by atoms with Gasteiger partial charge in [-0.2, -0.15) is 0 Å². The summed E-state index contributed by atoms with van der Waals surface area (Å²) in [6.45, 7) is 17.2. The van der Waals surface area contributed by atoms with E-state index < -0.39 is 16.1 Å². The van der Waals surface area contributed by atoms with E-state index in [1.54, 1.807) is 0 Å². The molecule has 1 radical (unpaired) electrons. The van der Waals surface area contributed by atoms with E-state index in [2.05, 4.69) is 46.2 Å². The lowest BCUT2D eigenvalue weighted by atomic mass is 10.6. The van der Waals surface area contributed by atoms with Crippen molar-refractivity contribution in [1.29, 1.82) is 0 Å². The third-order valence-corrected chi connectivity index (χ3v) is 11.0. The van der Waals surface area contributed by atoms with E-state index in [1.165, 1.54) is 6.42 Å². The van der Waals surface area contributed by atoms with Crippen molar-refractivity contribution in [1.82, 2.24) is 0 Å². The Kier molecular flexibility index (Phi) is 3.57. The Hall–Kier alpha value is 0.434. The molecule has 2 heteroatoms. The highest BCUT2D eigenvalue weighted by molar-refractivity contribution is 7.02. The molecule has 0 spiro atoms. The van der Waals surface area contributed by atoms with Crippen molar-refractivity contribution in [2.75, 3.05) is 0 Å². The molecule has 0 atom stereocenters. The van der Waals surface area contributed by atoms with Gasteiger partial charge in [0.15, 0.2) is 0 Å². The first-order valence-corrected chi connectivity index (χ1v) is 11.6. The van der Waals surface area contributed by atoms with E-state index in [0.29, 0.717) is 0 Å². The van der Waals surface area contributed by atoms with Crippen molar-refractivity contribution in [3.05, 3.63) is 5.16 Å². The minimum absolute atomic E-state index is 0.944. The zero-order valence-corrected chi connectivity index (χ0v) is 11.2. The predicted molar refractivity (Wildman–Crippen MR) is 60.2 cm³/mol. The Labute approximate surface area is 74.4 Å². The Balaban J connectivity index is 4.43. The van der Waals surface area contributed by atoms with Crippen LogP contribution in [0.2, 0.25) is 39.3 Å². The Morgan fingerprint density at radius 3 is 1.09 bits per heavy atom. The fourth-order valence-corrected chi connectivity index (χ4v) is 13.3. The van der Waals surface area contributed by atoms with Crippen molar-refractivity contribution in [3.63, 3.8) is 0 Å². The first-order chi connectivity index (χ1) is 4.69. The molecule has 0 aliphatic heterocycles. The molecule has 0 saturated heterocycles. The zero-order valence-electron chi connectivity index (χ0n) is 9.21. The Morgan fingerprint density at radius 2 is 1.09 bits per heavy atom. The van der Waals surface area contributed by atoms with E-state index in [9.17, 15) is 0 Å². The molecule has 0 bridgehead atoms. The quantitative estimate of drug-likeness (QED) is 0.591. The molecule has 67 valence electrons. The van der Waals surface area contributed by atoms with Crippen molar-refractivity contribution >= 4 is 16.1 Å². The molecule has 0 fully saturated rings. The molecule has 0 saturated carbocycles. The van der Waals surface area contributed by atoms with Crippen molar-refractivity contribution < 1.29 is 0 Å². The average molecular weight is 187 g/mol. The fourth-order valence-electron chi connectivity index (χ4n) is 2.19. The van der Waals surface area contributed by atoms with Crippen LogP contribution in [0.25, 0.3) is 0 Å². The second-order valence-electron chi connectivity index (χ2n) is 5.33. The molecule has 0 aliphatic rings. The fraction of sp³-hybridized carbons (Fsp3) is 0.889. The van der Waals surface area contributed by atoms with Crippen molar-refractivity contribution in [3.8, 4) is 0 Å². The van der Waals surface area contributed by atoms with Crippen molar-refractivity contribution in [2.45, 2.75) is 52.6 Å². The van der Waals surface area contributed by atoms with Crippen LogP contribution in [-0.4, -0.2) is 16.1 Å². The van der Waals surface area contributed by atoms with Gasteiger partial charge in [-0.3, -0.25) is 0 Å². The summed E-state index contributed by atoms with van der Waals surface area (Å²) in [6, 6.07) is 0. The smallest absolute Gasteiger partial charge is 0.0478 e. The van der Waals surface area contributed by atoms with E-state index in [4.69, 9.17) is 0 Å². The monoisotopic (exact) mass is 187 g/mol. The highest BCUT2D eigenvalue weighted by atomic mass is 28.4. The van der Waals surface area contributed by atoms with Crippen LogP contribution in [0.4, 0.5) is 0 Å². The molecular weight excluding hydrogens is 164 g/mol. The third-order valence-electron chi connectivity index (χ3n) is 2.16. The largest absolute Gasteiger partial charge is 0.0694 e. The maximum atomic E-state index is 2.48. The lowest BCUT2D eigenvalue weighted by Gasteiger charge is -2.37. The van der Waals surface area contributed by atoms with Crippen LogP contribution in [0.5, 0.6) is 0 Å². The first kappa shape index (κ1) is 11.4. The highest BCUT2D eigenvalue weighted by Crippen LogP contribution is 2.30. The average Bonchev–Trinajstić information content (AvgIpc) is 1.56. The van der Waals surface area contributed by atoms with Crippen LogP contribution in [0.1, 0.15) is 13.3 Å². The predicted octanol–water partition coefficient (Wildman–Crippen LogP) is 3.73. The van der Waals surface area contributed by atoms with Crippen LogP contribution < -0.4 is 0 Å². The van der Waals surface area contributed by atoms with Crippen LogP contribution >= 0.6 is 0 Å². The SMILES string of the molecule is CC[C]([Si](C)(C)C)[Si](C)(C)C. The normalized spacial score (nSPS) is 14.2. The topological polar surface area (TPSA) is 0 Å². The molecule has 0 aliphatic carbocycles. The van der Waals surface area contributed by atoms with E-state index in [1.807, 2.05) is 5.16 Å². The van der Waals surface area contributed by atoms with Crippen LogP contribution in [0.3, 0.4) is 0 Å². The highest BCUT2D eigenvalue weighted by Gasteiger charge is 2.35. The number of rotatable bonds is 3. The van der Waals surface area contributed by atoms with Gasteiger partial charge < -0.3 is 0 Å². The van der Waals surface area contributed by atoms with Gasteiger partial charge in [0.1, 0.15) is 0 Å². The molecule has 0 amide bonds. The van der Waals surface area contributed by atoms with Gasteiger partial charge in [0.05, 0.1) is 0 Å². The molecule has 0 aromatic carbocycles. The van der Waals surface area contributed by atoms with Gasteiger partial charge in [0.2, 0.25) is 0 Å². The summed E-state index contributed by atoms with van der Waals surface area (Å²) in [7, 11) is -1.89. The molecule has 11 heavy (non-hydrogen) atoms. The third kappa shape index (κ3) is 3.56. The van der Waals surface area contributed by atoms with E-state index in [-0.39, 0.29) is 0 Å². The second kappa shape index (κ2) is 3.44. The van der Waals surface area contributed by atoms with Gasteiger partial charge in [-0.05, 0) is 5.16 Å². The van der Waals surface area contributed by atoms with Gasteiger partial charge in [-0.15, -0.1) is 0 Å². The molecular formula is C9H23Si2. The molecule has 0 heterocycles. The van der Waals surface area contributed by atoms with Gasteiger partial charge in [-0.25, -0.2) is 0 Å². The zero-order chi connectivity index (χ0) is 9.28. The second-order valence-corrected chi connectivity index (χ2v) is 16.0. The standard InChI is InChI=1S/C9H23Si2/c1-8-9(10(2,3)4)11(5,6)7/h8H2,1-7H3. The number of hydrogen-bond acceptors (Lipinski definition) is 0. The van der Waals surface area contributed by atoms with Gasteiger partial charge >= 0.3 is 0 Å². The maximum Gasteiger partial charge on any atom is 0.0478 e. The summed E-state index contributed by atoms with van der Waals surface area (Å²) >= 11 is 0. The lowest BCUT2D eigenvalue weighted by molar-refractivity contribution is 1.10. The summed E-state index contributed by atoms with van der Waals surface area (Å²) in [6.07, 6.45) is 1.32. The van der Waals surface area contributed by atoms with Crippen LogP contribution in [0, 0.1) is 5.16 Å². The van der Waals surface area contributed by atoms with Gasteiger partial charge in [0, 0.05) is 16.1 Å². The van der Waals surface area contributed by atoms with Gasteiger partial charge in [-0.1, -0.05) is 52.6 Å². The van der Waals surface area contributed by atoms with Crippen LogP contribution in [0.15, 0.2) is 0 Å². The summed E-state index contributed by atoms with van der Waals surface area (Å²) < 4.78 is 0. The Bertz CT molecular complexity index is 103. The Morgan fingerprint density at radius 1 is 0.818 bits per heavy atom. The molecule has 0 N–H and O–H groups in total. The minimum Gasteiger partial charge on any atom is -0.0694 e. The molecule has 0 unspecified atom stereocenters. The number of hydrogen-bond donors (Lipinski definition) is 0. The van der Waals surface area contributed by atoms with Crippen molar-refractivity contribution in [2.24, 2.45) is 0 Å². The molecule has 0 rings (SSSR count). The summed E-state index contributed by atoms with van der Waals surface area (Å²) in [4.78, 5) is 0. The van der Waals surface area contributed by atoms with Crippen LogP contribution in [-0.2, 0) is 0 Å². The van der Waals surface area contributed by atoms with E-state index in [0.717, 1.165) is 0 Å². The van der Waals surface area contributed by atoms with Gasteiger partial charge in [0.25, 0.3) is 0 Å². The summed E-state index contributed by atoms with van der Waals surface area (Å²) in [5, 5.41) is 1.94.